The first-order valence-electron chi connectivity index (χ1n) is 1.15. The van der Waals surface area contributed by atoms with Crippen molar-refractivity contribution in [2.75, 3.05) is 0 Å². The van der Waals surface area contributed by atoms with Crippen molar-refractivity contribution in [2.24, 2.45) is 0 Å². The van der Waals surface area contributed by atoms with Gasteiger partial charge in [0.25, 0.3) is 0 Å². The Hall–Kier alpha value is -0.520. The van der Waals surface area contributed by atoms with Gasteiger partial charge in [0.15, 0.2) is 0 Å². The van der Waals surface area contributed by atoms with E-state index in [9.17, 15) is 0 Å². The molecule has 0 atom stereocenters. The Kier molecular flexibility index (Phi) is 17.2. The Labute approximate surface area is 33.8 Å². The number of hydrogen-bond acceptors (Lipinski definition) is 0. The molecule has 0 heteroatoms. The molecule has 0 saturated carbocycles. The van der Waals surface area contributed by atoms with Crippen molar-refractivity contribution in [1.82, 2.24) is 0 Å². The summed E-state index contributed by atoms with van der Waals surface area (Å²) in [5.41, 5.74) is 0. The minimum absolute atomic E-state index is 0. The first-order chi connectivity index (χ1) is 1.91. The molecule has 0 aromatic rings. The van der Waals surface area contributed by atoms with E-state index in [1.807, 2.05) is 0 Å². The Bertz CT molecular complexity index is 21.0. The summed E-state index contributed by atoms with van der Waals surface area (Å²) in [5, 5.41) is 0. The van der Waals surface area contributed by atoms with Gasteiger partial charge in [-0.2, -0.15) is 0 Å². The summed E-state index contributed by atoms with van der Waals surface area (Å²) in [6.07, 6.45) is 3.28. The van der Waals surface area contributed by atoms with Crippen LogP contribution in [0.2, 0.25) is 0 Å². The van der Waals surface area contributed by atoms with Crippen LogP contribution < -0.4 is 0 Å². The standard InChI is InChI=1S/C4H6.C/c1-3-4-2;/h3-4H,1-2H2;. The van der Waals surface area contributed by atoms with E-state index in [4.69, 9.17) is 0 Å². The fourth-order valence-corrected chi connectivity index (χ4v) is 0. The smallest absolute Gasteiger partial charge is 0 e. The van der Waals surface area contributed by atoms with Crippen LogP contribution in [0.4, 0.5) is 0 Å². The molecule has 0 nitrogen and oxygen atoms in total. The Morgan fingerprint density at radius 1 is 1.00 bits per heavy atom. The molecule has 0 spiro atoms. The van der Waals surface area contributed by atoms with E-state index in [2.05, 4.69) is 13.2 Å². The Morgan fingerprint density at radius 3 is 1.20 bits per heavy atom. The van der Waals surface area contributed by atoms with Gasteiger partial charge >= 0.3 is 0 Å². The molecule has 26 valence electrons. The Morgan fingerprint density at radius 2 is 1.20 bits per heavy atom. The minimum Gasteiger partial charge on any atom is -0.0991 e. The highest BCUT2D eigenvalue weighted by molar-refractivity contribution is 4.88. The molecule has 0 aliphatic heterocycles. The predicted octanol–water partition coefficient (Wildman–Crippen LogP) is 1.44. The number of allylic oxidation sites excluding steroid dienone is 2. The summed E-state index contributed by atoms with van der Waals surface area (Å²) in [4.78, 5) is 0. The zero-order valence-corrected chi connectivity index (χ0v) is 3.07. The monoisotopic (exact) mass is 66.0 g/mol. The van der Waals surface area contributed by atoms with Crippen LogP contribution in [-0.2, 0) is 0 Å². The van der Waals surface area contributed by atoms with Crippen LogP contribution in [0.5, 0.6) is 0 Å². The minimum atomic E-state index is 0. The Balaban J connectivity index is 0. The molecule has 5 heavy (non-hydrogen) atoms. The molecule has 0 rings (SSSR count). The number of rotatable bonds is 1. The molecule has 0 aliphatic carbocycles. The van der Waals surface area contributed by atoms with Crippen LogP contribution in [0.25, 0.3) is 0 Å². The molecule has 0 bridgehead atoms. The third-order valence-corrected chi connectivity index (χ3v) is 0.167. The van der Waals surface area contributed by atoms with E-state index >= 15 is 0 Å². The fraction of sp³-hybridized carbons (Fsp3) is 0. The average molecular weight is 66.1 g/mol. The van der Waals surface area contributed by atoms with E-state index in [-0.39, 0.29) is 7.43 Å². The van der Waals surface area contributed by atoms with Gasteiger partial charge in [-0.15, -0.1) is 0 Å². The molecule has 0 aliphatic rings. The molecule has 0 saturated heterocycles. The summed E-state index contributed by atoms with van der Waals surface area (Å²) >= 11 is 0. The second kappa shape index (κ2) is 9.77. The van der Waals surface area contributed by atoms with E-state index in [1.165, 1.54) is 0 Å². The van der Waals surface area contributed by atoms with Crippen LogP contribution in [0.15, 0.2) is 25.3 Å². The molecule has 0 heterocycles. The van der Waals surface area contributed by atoms with Crippen LogP contribution in [-0.4, -0.2) is 0 Å². The molecule has 0 fully saturated rings. The van der Waals surface area contributed by atoms with Gasteiger partial charge in [-0.3, -0.25) is 0 Å². The van der Waals surface area contributed by atoms with E-state index < -0.39 is 0 Å². The summed E-state index contributed by atoms with van der Waals surface area (Å²) in [6, 6.07) is 0. The van der Waals surface area contributed by atoms with Gasteiger partial charge in [-0.1, -0.05) is 25.3 Å². The van der Waals surface area contributed by atoms with Crippen molar-refractivity contribution in [2.45, 2.75) is 0 Å². The third-order valence-electron chi connectivity index (χ3n) is 0.167. The van der Waals surface area contributed by atoms with Gasteiger partial charge in [0, 0.05) is 7.43 Å². The average Bonchev–Trinajstić information content (AvgIpc) is 1.37. The molecule has 0 N–H and O–H groups in total. The zero-order valence-electron chi connectivity index (χ0n) is 3.07. The summed E-state index contributed by atoms with van der Waals surface area (Å²) in [6.45, 7) is 6.72. The van der Waals surface area contributed by atoms with Crippen molar-refractivity contribution in [1.29, 1.82) is 0 Å². The predicted molar refractivity (Wildman–Crippen MR) is 23.6 cm³/mol. The van der Waals surface area contributed by atoms with E-state index in [0.717, 1.165) is 0 Å². The zero-order chi connectivity index (χ0) is 3.41. The highest BCUT2D eigenvalue weighted by atomic mass is 13.4. The largest absolute Gasteiger partial charge is 0.0991 e. The van der Waals surface area contributed by atoms with Gasteiger partial charge in [-0.05, 0) is 0 Å². The first kappa shape index (κ1) is 8.82. The van der Waals surface area contributed by atoms with Crippen molar-refractivity contribution < 1.29 is 0 Å². The van der Waals surface area contributed by atoms with E-state index in [0.29, 0.717) is 0 Å². The van der Waals surface area contributed by atoms with Gasteiger partial charge in [0.1, 0.15) is 0 Å². The van der Waals surface area contributed by atoms with Crippen molar-refractivity contribution in [3.63, 3.8) is 0 Å². The van der Waals surface area contributed by atoms with E-state index in [1.54, 1.807) is 12.2 Å². The van der Waals surface area contributed by atoms with Gasteiger partial charge in [-0.25, -0.2) is 0 Å². The lowest BCUT2D eigenvalue weighted by molar-refractivity contribution is 2.15. The van der Waals surface area contributed by atoms with Crippen molar-refractivity contribution >= 4 is 0 Å². The SMILES string of the molecule is C=CC=C.[C]. The second-order valence-electron chi connectivity index (χ2n) is 0.471. The van der Waals surface area contributed by atoms with Gasteiger partial charge < -0.3 is 0 Å². The summed E-state index contributed by atoms with van der Waals surface area (Å²) in [5.74, 6) is 0. The fourth-order valence-electron chi connectivity index (χ4n) is 0. The van der Waals surface area contributed by atoms with Crippen LogP contribution >= 0.6 is 0 Å². The lowest BCUT2D eigenvalue weighted by Gasteiger charge is -1.44. The second-order valence-corrected chi connectivity index (χ2v) is 0.471. The molecule has 0 unspecified atom stereocenters. The highest BCUT2D eigenvalue weighted by Gasteiger charge is 1.29. The lowest BCUT2D eigenvalue weighted by Crippen LogP contribution is -1.21. The van der Waals surface area contributed by atoms with Gasteiger partial charge in [0.2, 0.25) is 0 Å². The van der Waals surface area contributed by atoms with Gasteiger partial charge in [0.05, 0.1) is 0 Å². The summed E-state index contributed by atoms with van der Waals surface area (Å²) in [7, 11) is 0. The summed E-state index contributed by atoms with van der Waals surface area (Å²) < 4.78 is 0. The van der Waals surface area contributed by atoms with Crippen LogP contribution in [0, 0.1) is 7.43 Å². The molecule has 0 amide bonds. The van der Waals surface area contributed by atoms with Crippen LogP contribution in [0.1, 0.15) is 0 Å². The van der Waals surface area contributed by atoms with Crippen LogP contribution in [0.3, 0.4) is 0 Å². The topological polar surface area (TPSA) is 0 Å². The molecule has 0 aromatic carbocycles. The highest BCUT2D eigenvalue weighted by Crippen LogP contribution is 1.52. The molecular weight excluding hydrogens is 60.1 g/mol. The first-order valence-corrected chi connectivity index (χ1v) is 1.15. The maximum Gasteiger partial charge on any atom is 0 e. The third kappa shape index (κ3) is 33.1. The lowest BCUT2D eigenvalue weighted by atomic mass is 10.6. The normalized spacial score (nSPS) is 4.00. The maximum absolute atomic E-state index is 3.36. The van der Waals surface area contributed by atoms with Crippen molar-refractivity contribution in [3.8, 4) is 0 Å². The number of hydrogen-bond donors (Lipinski definition) is 0. The van der Waals surface area contributed by atoms with Crippen molar-refractivity contribution in [3.05, 3.63) is 32.7 Å². The quantitative estimate of drug-likeness (QED) is 0.406. The molecule has 0 aromatic heterocycles. The molecule has 4 radical (unpaired) electrons. The maximum atomic E-state index is 3.36. The molecular formula is C5H6.